The molecule has 34 heavy (non-hydrogen) atoms. The number of nitrogens with one attached hydrogen (secondary N) is 1. The van der Waals surface area contributed by atoms with Gasteiger partial charge in [0, 0.05) is 24.3 Å². The zero-order valence-electron chi connectivity index (χ0n) is 20.6. The zero-order valence-corrected chi connectivity index (χ0v) is 21.4. The van der Waals surface area contributed by atoms with Crippen LogP contribution in [0.2, 0.25) is 0 Å². The number of rotatable bonds is 4. The molecule has 1 atom stereocenters. The average molecular weight is 478 g/mol. The highest BCUT2D eigenvalue weighted by molar-refractivity contribution is 7.80. The summed E-state index contributed by atoms with van der Waals surface area (Å²) in [4.78, 5) is 30.0. The molecule has 178 valence electrons. The fraction of sp³-hybridized carbons (Fsp3) is 0.370. The second-order valence-electron chi connectivity index (χ2n) is 9.63. The van der Waals surface area contributed by atoms with Crippen LogP contribution in [0.25, 0.3) is 6.08 Å². The van der Waals surface area contributed by atoms with E-state index >= 15 is 0 Å². The molecule has 0 spiro atoms. The minimum absolute atomic E-state index is 0.0515. The molecule has 2 aromatic rings. The Morgan fingerprint density at radius 3 is 2.68 bits per heavy atom. The molecule has 0 radical (unpaired) electrons. The van der Waals surface area contributed by atoms with Crippen molar-refractivity contribution in [3.63, 3.8) is 0 Å². The Bertz CT molecular complexity index is 1220. The molecule has 0 bridgehead atoms. The molecule has 1 fully saturated rings. The van der Waals surface area contributed by atoms with Crippen molar-refractivity contribution in [1.29, 1.82) is 0 Å². The van der Waals surface area contributed by atoms with Crippen LogP contribution >= 0.6 is 12.2 Å². The molecule has 0 aromatic heterocycles. The van der Waals surface area contributed by atoms with Crippen molar-refractivity contribution >= 4 is 46.6 Å². The molecule has 4 rings (SSSR count). The monoisotopic (exact) mass is 477 g/mol. The second-order valence-corrected chi connectivity index (χ2v) is 10.0. The largest absolute Gasteiger partial charge is 0.494 e. The number of hydrogen-bond acceptors (Lipinski definition) is 5. The van der Waals surface area contributed by atoms with Gasteiger partial charge in [-0.1, -0.05) is 13.0 Å². The summed E-state index contributed by atoms with van der Waals surface area (Å²) < 4.78 is 5.57. The first-order valence-corrected chi connectivity index (χ1v) is 12.0. The van der Waals surface area contributed by atoms with Gasteiger partial charge in [0.25, 0.3) is 11.8 Å². The van der Waals surface area contributed by atoms with Gasteiger partial charge in [-0.05, 0) is 99.3 Å². The number of carbonyl (C=O) groups is 2. The lowest BCUT2D eigenvalue weighted by Crippen LogP contribution is -2.54. The van der Waals surface area contributed by atoms with Crippen LogP contribution in [0.1, 0.15) is 56.7 Å². The summed E-state index contributed by atoms with van der Waals surface area (Å²) in [6.07, 6.45) is 2.70. The molecule has 2 aliphatic heterocycles. The van der Waals surface area contributed by atoms with E-state index in [4.69, 9.17) is 17.0 Å². The summed E-state index contributed by atoms with van der Waals surface area (Å²) in [6.45, 7) is 11.1. The first kappa shape index (κ1) is 24.0. The number of ether oxygens (including phenoxy) is 1. The Labute approximate surface area is 206 Å². The van der Waals surface area contributed by atoms with Crippen LogP contribution in [-0.4, -0.2) is 36.1 Å². The summed E-state index contributed by atoms with van der Waals surface area (Å²) in [5.74, 6) is 0.0475. The van der Waals surface area contributed by atoms with Gasteiger partial charge in [0.2, 0.25) is 0 Å². The molecule has 1 unspecified atom stereocenters. The average Bonchev–Trinajstić information content (AvgIpc) is 2.76. The zero-order chi connectivity index (χ0) is 24.8. The second kappa shape index (κ2) is 8.87. The smallest absolute Gasteiger partial charge is 0.270 e. The van der Waals surface area contributed by atoms with Crippen LogP contribution in [0.15, 0.2) is 42.0 Å². The Hall–Kier alpha value is -3.19. The van der Waals surface area contributed by atoms with E-state index in [-0.39, 0.29) is 16.2 Å². The molecular formula is C27H31N3O3S. The van der Waals surface area contributed by atoms with Crippen molar-refractivity contribution in [3.05, 3.63) is 58.7 Å². The molecular weight excluding hydrogens is 446 g/mol. The van der Waals surface area contributed by atoms with Crippen LogP contribution in [0.5, 0.6) is 5.75 Å². The molecule has 7 heteroatoms. The fourth-order valence-electron chi connectivity index (χ4n) is 4.82. The Morgan fingerprint density at radius 1 is 1.24 bits per heavy atom. The van der Waals surface area contributed by atoms with Crippen LogP contribution in [-0.2, 0) is 9.59 Å². The number of fused-ring (bicyclic) bond motifs is 1. The van der Waals surface area contributed by atoms with Crippen molar-refractivity contribution in [2.75, 3.05) is 23.5 Å². The van der Waals surface area contributed by atoms with Crippen molar-refractivity contribution in [1.82, 2.24) is 5.32 Å². The fourth-order valence-corrected chi connectivity index (χ4v) is 5.10. The number of nitrogens with zero attached hydrogens (tertiary/aromatic N) is 2. The summed E-state index contributed by atoms with van der Waals surface area (Å²) in [6, 6.07) is 11.4. The predicted molar refractivity (Wildman–Crippen MR) is 141 cm³/mol. The third-order valence-electron chi connectivity index (χ3n) is 6.81. The Morgan fingerprint density at radius 2 is 1.97 bits per heavy atom. The molecule has 2 aliphatic rings. The quantitative estimate of drug-likeness (QED) is 0.384. The summed E-state index contributed by atoms with van der Waals surface area (Å²) in [5.41, 5.74) is 4.93. The Kier molecular flexibility index (Phi) is 6.25. The van der Waals surface area contributed by atoms with E-state index in [0.29, 0.717) is 24.0 Å². The number of benzene rings is 2. The molecule has 0 saturated carbocycles. The van der Waals surface area contributed by atoms with Gasteiger partial charge >= 0.3 is 0 Å². The van der Waals surface area contributed by atoms with Gasteiger partial charge in [0.05, 0.1) is 12.3 Å². The molecule has 6 nitrogen and oxygen atoms in total. The van der Waals surface area contributed by atoms with E-state index in [1.165, 1.54) is 16.2 Å². The summed E-state index contributed by atoms with van der Waals surface area (Å²) >= 11 is 5.34. The summed E-state index contributed by atoms with van der Waals surface area (Å²) in [7, 11) is 2.12. The standard InChI is InChI=1S/C27H31N3O3S/c1-7-33-20-10-8-9-19(14-20)30-25(32)22(24(31)28-26(30)34)13-18-12-21-17(3)15-27(4,5)29(6)23(21)11-16(18)2/h8-14,17H,7,15H2,1-6H3,(H,28,31,34)/b22-13-. The molecule has 1 N–H and O–H groups in total. The highest BCUT2D eigenvalue weighted by Crippen LogP contribution is 2.43. The topological polar surface area (TPSA) is 61.9 Å². The van der Waals surface area contributed by atoms with Crippen molar-refractivity contribution in [3.8, 4) is 5.75 Å². The molecule has 2 aromatic carbocycles. The molecule has 1 saturated heterocycles. The number of aryl methyl sites for hydroxylation is 1. The van der Waals surface area contributed by atoms with Crippen LogP contribution in [0.3, 0.4) is 0 Å². The third kappa shape index (κ3) is 4.20. The van der Waals surface area contributed by atoms with Gasteiger partial charge in [-0.2, -0.15) is 0 Å². The lowest BCUT2D eigenvalue weighted by Gasteiger charge is -2.45. The number of anilines is 2. The maximum Gasteiger partial charge on any atom is 0.270 e. The van der Waals surface area contributed by atoms with Gasteiger partial charge in [-0.3, -0.25) is 19.8 Å². The minimum atomic E-state index is -0.490. The normalized spacial score (nSPS) is 20.9. The predicted octanol–water partition coefficient (Wildman–Crippen LogP) is 4.95. The van der Waals surface area contributed by atoms with E-state index in [0.717, 1.165) is 17.5 Å². The highest BCUT2D eigenvalue weighted by atomic mass is 32.1. The highest BCUT2D eigenvalue weighted by Gasteiger charge is 2.36. The third-order valence-corrected chi connectivity index (χ3v) is 7.09. The van der Waals surface area contributed by atoms with E-state index in [1.54, 1.807) is 24.3 Å². The molecule has 2 heterocycles. The van der Waals surface area contributed by atoms with Gasteiger partial charge in [0.1, 0.15) is 11.3 Å². The van der Waals surface area contributed by atoms with Gasteiger partial charge in [0.15, 0.2) is 5.11 Å². The van der Waals surface area contributed by atoms with Crippen molar-refractivity contribution in [2.45, 2.75) is 52.5 Å². The maximum atomic E-state index is 13.5. The van der Waals surface area contributed by atoms with Crippen LogP contribution in [0.4, 0.5) is 11.4 Å². The first-order valence-electron chi connectivity index (χ1n) is 11.6. The van der Waals surface area contributed by atoms with E-state index in [2.05, 4.69) is 50.2 Å². The maximum absolute atomic E-state index is 13.5. The SMILES string of the molecule is CCOc1cccc(N2C(=O)/C(=C\c3cc4c(cc3C)N(C)C(C)(C)CC4C)C(=O)NC2=S)c1. The molecule has 0 aliphatic carbocycles. The van der Waals surface area contributed by atoms with Crippen molar-refractivity contribution < 1.29 is 14.3 Å². The van der Waals surface area contributed by atoms with E-state index < -0.39 is 11.8 Å². The van der Waals surface area contributed by atoms with Crippen LogP contribution in [0, 0.1) is 6.92 Å². The van der Waals surface area contributed by atoms with Gasteiger partial charge in [-0.25, -0.2) is 0 Å². The van der Waals surface area contributed by atoms with E-state index in [9.17, 15) is 9.59 Å². The number of carbonyl (C=O) groups excluding carboxylic acids is 2. The Balaban J connectivity index is 1.75. The van der Waals surface area contributed by atoms with Gasteiger partial charge in [-0.15, -0.1) is 0 Å². The lowest BCUT2D eigenvalue weighted by molar-refractivity contribution is -0.122. The van der Waals surface area contributed by atoms with Gasteiger partial charge < -0.3 is 9.64 Å². The first-order chi connectivity index (χ1) is 16.0. The molecule has 2 amide bonds. The number of hydrogen-bond donors (Lipinski definition) is 1. The van der Waals surface area contributed by atoms with Crippen LogP contribution < -0.4 is 19.9 Å². The number of amides is 2. The lowest BCUT2D eigenvalue weighted by atomic mass is 9.79. The van der Waals surface area contributed by atoms with E-state index in [1.807, 2.05) is 19.9 Å². The minimum Gasteiger partial charge on any atom is -0.494 e. The van der Waals surface area contributed by atoms with Crippen molar-refractivity contribution in [2.24, 2.45) is 0 Å². The number of thiocarbonyl (C=S) groups is 1. The summed E-state index contributed by atoms with van der Waals surface area (Å²) in [5, 5.41) is 2.72.